The van der Waals surface area contributed by atoms with E-state index in [-0.39, 0.29) is 5.91 Å². The van der Waals surface area contributed by atoms with Gasteiger partial charge in [0, 0.05) is 5.69 Å². The van der Waals surface area contributed by atoms with Crippen molar-refractivity contribution in [2.45, 2.75) is 6.92 Å². The van der Waals surface area contributed by atoms with Crippen molar-refractivity contribution in [1.29, 1.82) is 0 Å². The van der Waals surface area contributed by atoms with Crippen LogP contribution in [0.15, 0.2) is 54.6 Å². The van der Waals surface area contributed by atoms with E-state index in [0.717, 1.165) is 25.8 Å². The van der Waals surface area contributed by atoms with Crippen molar-refractivity contribution in [2.24, 2.45) is 0 Å². The molecule has 118 valence electrons. The van der Waals surface area contributed by atoms with Crippen LogP contribution in [0.1, 0.15) is 15.4 Å². The molecule has 0 atom stereocenters. The van der Waals surface area contributed by atoms with Crippen molar-refractivity contribution >= 4 is 44.6 Å². The molecule has 0 bridgehead atoms. The number of amides is 1. The van der Waals surface area contributed by atoms with Crippen molar-refractivity contribution in [3.8, 4) is 9.88 Å². The van der Waals surface area contributed by atoms with Crippen LogP contribution in [0.2, 0.25) is 0 Å². The molecule has 4 nitrogen and oxygen atoms in total. The van der Waals surface area contributed by atoms with E-state index in [1.807, 2.05) is 49.4 Å². The summed E-state index contributed by atoms with van der Waals surface area (Å²) in [6.45, 7) is 1.89. The van der Waals surface area contributed by atoms with E-state index in [2.05, 4.69) is 21.4 Å². The van der Waals surface area contributed by atoms with E-state index >= 15 is 0 Å². The molecule has 4 rings (SSSR count). The SMILES string of the molecule is Cc1cccc(NC(=O)c2ccc(-c3nc4ccccc4s3)s2)n1. The fraction of sp³-hybridized carbons (Fsp3) is 0.0556. The van der Waals surface area contributed by atoms with Gasteiger partial charge in [-0.25, -0.2) is 9.97 Å². The van der Waals surface area contributed by atoms with Crippen LogP contribution < -0.4 is 5.32 Å². The number of thiophene rings is 1. The van der Waals surface area contributed by atoms with Crippen LogP contribution in [0.4, 0.5) is 5.82 Å². The van der Waals surface area contributed by atoms with Gasteiger partial charge < -0.3 is 5.32 Å². The number of carbonyl (C=O) groups excluding carboxylic acids is 1. The highest BCUT2D eigenvalue weighted by Crippen LogP contribution is 2.34. The molecule has 0 aliphatic carbocycles. The van der Waals surface area contributed by atoms with E-state index < -0.39 is 0 Å². The summed E-state index contributed by atoms with van der Waals surface area (Å²) in [6, 6.07) is 17.4. The van der Waals surface area contributed by atoms with Gasteiger partial charge in [0.05, 0.1) is 20.0 Å². The Hall–Kier alpha value is -2.57. The first-order valence-electron chi connectivity index (χ1n) is 7.40. The van der Waals surface area contributed by atoms with Crippen LogP contribution in [-0.2, 0) is 0 Å². The molecule has 0 spiro atoms. The Morgan fingerprint density at radius 3 is 2.67 bits per heavy atom. The molecule has 0 aliphatic rings. The summed E-state index contributed by atoms with van der Waals surface area (Å²) in [7, 11) is 0. The fourth-order valence-corrected chi connectivity index (χ4v) is 4.26. The average Bonchev–Trinajstić information content (AvgIpc) is 3.21. The van der Waals surface area contributed by atoms with Crippen molar-refractivity contribution in [3.63, 3.8) is 0 Å². The van der Waals surface area contributed by atoms with E-state index in [4.69, 9.17) is 0 Å². The number of nitrogens with zero attached hydrogens (tertiary/aromatic N) is 2. The summed E-state index contributed by atoms with van der Waals surface area (Å²) in [5, 5.41) is 3.77. The first kappa shape index (κ1) is 15.0. The van der Waals surface area contributed by atoms with Crippen LogP contribution in [-0.4, -0.2) is 15.9 Å². The molecular formula is C18H13N3OS2. The molecule has 0 fully saturated rings. The van der Waals surface area contributed by atoms with Gasteiger partial charge in [0.15, 0.2) is 0 Å². The second-order valence-corrected chi connectivity index (χ2v) is 7.38. The minimum Gasteiger partial charge on any atom is -0.306 e. The molecule has 0 unspecified atom stereocenters. The zero-order chi connectivity index (χ0) is 16.5. The second kappa shape index (κ2) is 6.14. The average molecular weight is 351 g/mol. The Morgan fingerprint density at radius 1 is 0.958 bits per heavy atom. The molecule has 24 heavy (non-hydrogen) atoms. The number of rotatable bonds is 3. The van der Waals surface area contributed by atoms with Gasteiger partial charge in [-0.15, -0.1) is 22.7 Å². The minimum absolute atomic E-state index is 0.148. The standard InChI is InChI=1S/C18H13N3OS2/c1-11-5-4-8-16(19-11)21-17(22)14-9-10-15(23-14)18-20-12-6-2-3-7-13(12)24-18/h2-10H,1H3,(H,19,21,22). The number of pyridine rings is 1. The molecule has 1 N–H and O–H groups in total. The molecule has 4 aromatic rings. The normalized spacial score (nSPS) is 10.9. The number of hydrogen-bond acceptors (Lipinski definition) is 5. The largest absolute Gasteiger partial charge is 0.306 e. The number of aromatic nitrogens is 2. The number of fused-ring (bicyclic) bond motifs is 1. The monoisotopic (exact) mass is 351 g/mol. The zero-order valence-corrected chi connectivity index (χ0v) is 14.4. The van der Waals surface area contributed by atoms with Crippen LogP contribution >= 0.6 is 22.7 Å². The first-order valence-corrected chi connectivity index (χ1v) is 9.03. The van der Waals surface area contributed by atoms with E-state index in [9.17, 15) is 4.79 Å². The molecule has 3 heterocycles. The third-order valence-corrected chi connectivity index (χ3v) is 5.75. The Bertz CT molecular complexity index is 1000. The Balaban J connectivity index is 1.58. The molecule has 3 aromatic heterocycles. The molecule has 0 aliphatic heterocycles. The topological polar surface area (TPSA) is 54.9 Å². The highest BCUT2D eigenvalue weighted by molar-refractivity contribution is 7.26. The molecule has 0 saturated carbocycles. The number of anilines is 1. The zero-order valence-electron chi connectivity index (χ0n) is 12.8. The molecule has 0 saturated heterocycles. The van der Waals surface area contributed by atoms with Crippen LogP contribution in [0.25, 0.3) is 20.1 Å². The van der Waals surface area contributed by atoms with E-state index in [1.54, 1.807) is 17.4 Å². The number of hydrogen-bond donors (Lipinski definition) is 1. The summed E-state index contributed by atoms with van der Waals surface area (Å²) < 4.78 is 1.15. The highest BCUT2D eigenvalue weighted by atomic mass is 32.1. The quantitative estimate of drug-likeness (QED) is 0.566. The summed E-state index contributed by atoms with van der Waals surface area (Å²) in [6.07, 6.45) is 0. The van der Waals surface area contributed by atoms with E-state index in [1.165, 1.54) is 11.3 Å². The smallest absolute Gasteiger partial charge is 0.266 e. The van der Waals surface area contributed by atoms with Crippen molar-refractivity contribution < 1.29 is 4.79 Å². The number of thiazole rings is 1. The van der Waals surface area contributed by atoms with Crippen molar-refractivity contribution in [1.82, 2.24) is 9.97 Å². The second-order valence-electron chi connectivity index (χ2n) is 5.27. The maximum Gasteiger partial charge on any atom is 0.266 e. The predicted molar refractivity (Wildman–Crippen MR) is 99.9 cm³/mol. The van der Waals surface area contributed by atoms with Crippen LogP contribution in [0, 0.1) is 6.92 Å². The van der Waals surface area contributed by atoms with Crippen molar-refractivity contribution in [2.75, 3.05) is 5.32 Å². The summed E-state index contributed by atoms with van der Waals surface area (Å²) >= 11 is 3.08. The Morgan fingerprint density at radius 2 is 1.83 bits per heavy atom. The molecule has 1 aromatic carbocycles. The maximum absolute atomic E-state index is 12.4. The molecule has 6 heteroatoms. The minimum atomic E-state index is -0.148. The Labute approximate surface area is 146 Å². The number of aryl methyl sites for hydroxylation is 1. The number of carbonyl (C=O) groups is 1. The summed E-state index contributed by atoms with van der Waals surface area (Å²) in [5.41, 5.74) is 1.86. The van der Waals surface area contributed by atoms with Gasteiger partial charge in [-0.3, -0.25) is 4.79 Å². The van der Waals surface area contributed by atoms with Gasteiger partial charge in [0.2, 0.25) is 0 Å². The third kappa shape index (κ3) is 2.93. The fourth-order valence-electron chi connectivity index (χ4n) is 2.34. The first-order chi connectivity index (χ1) is 11.7. The van der Waals surface area contributed by atoms with Crippen LogP contribution in [0.3, 0.4) is 0 Å². The lowest BCUT2D eigenvalue weighted by Crippen LogP contribution is -2.11. The van der Waals surface area contributed by atoms with Crippen LogP contribution in [0.5, 0.6) is 0 Å². The molecule has 0 radical (unpaired) electrons. The molecule has 1 amide bonds. The lowest BCUT2D eigenvalue weighted by Gasteiger charge is -2.02. The molecular weight excluding hydrogens is 338 g/mol. The van der Waals surface area contributed by atoms with Gasteiger partial charge >= 0.3 is 0 Å². The predicted octanol–water partition coefficient (Wildman–Crippen LogP) is 4.98. The lowest BCUT2D eigenvalue weighted by molar-refractivity contribution is 0.103. The lowest BCUT2D eigenvalue weighted by atomic mass is 10.3. The van der Waals surface area contributed by atoms with Gasteiger partial charge in [0.1, 0.15) is 10.8 Å². The maximum atomic E-state index is 12.4. The van der Waals surface area contributed by atoms with Gasteiger partial charge in [0.25, 0.3) is 5.91 Å². The Kier molecular flexibility index (Phi) is 3.84. The van der Waals surface area contributed by atoms with Gasteiger partial charge in [-0.05, 0) is 43.3 Å². The number of nitrogens with one attached hydrogen (secondary N) is 1. The highest BCUT2D eigenvalue weighted by Gasteiger charge is 2.13. The third-order valence-electron chi connectivity index (χ3n) is 3.46. The number of para-hydroxylation sites is 1. The van der Waals surface area contributed by atoms with E-state index in [0.29, 0.717) is 10.7 Å². The summed E-state index contributed by atoms with van der Waals surface area (Å²) in [4.78, 5) is 23.0. The van der Waals surface area contributed by atoms with Gasteiger partial charge in [-0.2, -0.15) is 0 Å². The van der Waals surface area contributed by atoms with Crippen molar-refractivity contribution in [3.05, 3.63) is 65.2 Å². The number of benzene rings is 1. The van der Waals surface area contributed by atoms with Gasteiger partial charge in [-0.1, -0.05) is 18.2 Å². The summed E-state index contributed by atoms with van der Waals surface area (Å²) in [5.74, 6) is 0.417.